The van der Waals surface area contributed by atoms with Crippen LogP contribution in [-0.2, 0) is 13.6 Å². The van der Waals surface area contributed by atoms with Crippen molar-refractivity contribution in [2.75, 3.05) is 5.75 Å². The van der Waals surface area contributed by atoms with Gasteiger partial charge in [0.25, 0.3) is 0 Å². The lowest BCUT2D eigenvalue weighted by atomic mass is 10.3. The van der Waals surface area contributed by atoms with Gasteiger partial charge < -0.3 is 4.57 Å². The minimum Gasteiger partial charge on any atom is -0.308 e. The summed E-state index contributed by atoms with van der Waals surface area (Å²) in [4.78, 5) is 12.2. The molecule has 0 radical (unpaired) electrons. The lowest BCUT2D eigenvalue weighted by Gasteiger charge is -2.05. The van der Waals surface area contributed by atoms with Crippen LogP contribution in [0.5, 0.6) is 0 Å². The molecule has 0 aliphatic rings. The van der Waals surface area contributed by atoms with E-state index in [0.717, 1.165) is 27.0 Å². The molecule has 3 aromatic rings. The molecule has 116 valence electrons. The molecule has 0 bridgehead atoms. The average Bonchev–Trinajstić information content (AvgIpc) is 3.02. The number of hydrogen-bond donors (Lipinski definition) is 0. The molecule has 2 heterocycles. The fraction of sp³-hybridized carbons (Fsp3) is 0.400. The summed E-state index contributed by atoms with van der Waals surface area (Å²) in [6.45, 7) is 2.64. The van der Waals surface area contributed by atoms with Crippen LogP contribution in [0.3, 0.4) is 0 Å². The zero-order valence-corrected chi connectivity index (χ0v) is 14.3. The van der Waals surface area contributed by atoms with Crippen LogP contribution in [-0.4, -0.2) is 25.1 Å². The number of thiazole rings is 1. The maximum absolute atomic E-state index is 12.2. The zero-order chi connectivity index (χ0) is 15.5. The highest BCUT2D eigenvalue weighted by Crippen LogP contribution is 2.20. The standard InChI is InChI=1S/C15H18N4OS2/c1-3-4-9-21-14-17-16-13(18(14)2)10-19-11-7-5-6-8-12(11)22-15(19)20/h5-8H,3-4,9-10H2,1-2H3. The summed E-state index contributed by atoms with van der Waals surface area (Å²) < 4.78 is 4.76. The van der Waals surface area contributed by atoms with Crippen LogP contribution in [0.1, 0.15) is 25.6 Å². The number of para-hydroxylation sites is 1. The predicted octanol–water partition coefficient (Wildman–Crippen LogP) is 3.13. The smallest absolute Gasteiger partial charge is 0.308 e. The maximum atomic E-state index is 12.2. The minimum absolute atomic E-state index is 0.0457. The summed E-state index contributed by atoms with van der Waals surface area (Å²) in [5, 5.41) is 9.41. The maximum Gasteiger partial charge on any atom is 0.308 e. The summed E-state index contributed by atoms with van der Waals surface area (Å²) in [6, 6.07) is 7.85. The molecule has 0 atom stereocenters. The van der Waals surface area contributed by atoms with E-state index >= 15 is 0 Å². The van der Waals surface area contributed by atoms with Gasteiger partial charge in [0.05, 0.1) is 16.8 Å². The van der Waals surface area contributed by atoms with Crippen molar-refractivity contribution in [3.05, 3.63) is 39.8 Å². The van der Waals surface area contributed by atoms with Crippen molar-refractivity contribution >= 4 is 33.3 Å². The summed E-state index contributed by atoms with van der Waals surface area (Å²) in [6.07, 6.45) is 2.34. The number of hydrogen-bond acceptors (Lipinski definition) is 5. The van der Waals surface area contributed by atoms with Crippen molar-refractivity contribution in [2.24, 2.45) is 7.05 Å². The fourth-order valence-electron chi connectivity index (χ4n) is 2.22. The van der Waals surface area contributed by atoms with E-state index in [4.69, 9.17) is 0 Å². The third-order valence-corrected chi connectivity index (χ3v) is 5.59. The molecule has 7 heteroatoms. The van der Waals surface area contributed by atoms with Gasteiger partial charge in [0.1, 0.15) is 0 Å². The molecule has 0 amide bonds. The second-order valence-corrected chi connectivity index (χ2v) is 7.14. The first-order valence-electron chi connectivity index (χ1n) is 7.30. The topological polar surface area (TPSA) is 52.7 Å². The summed E-state index contributed by atoms with van der Waals surface area (Å²) in [5.41, 5.74) is 0.959. The zero-order valence-electron chi connectivity index (χ0n) is 12.7. The van der Waals surface area contributed by atoms with E-state index < -0.39 is 0 Å². The number of fused-ring (bicyclic) bond motifs is 1. The van der Waals surface area contributed by atoms with Gasteiger partial charge in [-0.15, -0.1) is 10.2 Å². The number of nitrogens with zero attached hydrogens (tertiary/aromatic N) is 4. The number of benzene rings is 1. The molecular weight excluding hydrogens is 316 g/mol. The van der Waals surface area contributed by atoms with Crippen LogP contribution in [0, 0.1) is 0 Å². The Morgan fingerprint density at radius 1 is 1.27 bits per heavy atom. The number of unbranched alkanes of at least 4 members (excludes halogenated alkanes) is 1. The van der Waals surface area contributed by atoms with Crippen molar-refractivity contribution < 1.29 is 0 Å². The second-order valence-electron chi connectivity index (χ2n) is 5.08. The first-order chi connectivity index (χ1) is 10.7. The molecule has 22 heavy (non-hydrogen) atoms. The van der Waals surface area contributed by atoms with Gasteiger partial charge in [0, 0.05) is 12.8 Å². The van der Waals surface area contributed by atoms with Gasteiger partial charge in [-0.2, -0.15) is 0 Å². The fourth-order valence-corrected chi connectivity index (χ4v) is 4.13. The predicted molar refractivity (Wildman–Crippen MR) is 91.8 cm³/mol. The van der Waals surface area contributed by atoms with Crippen LogP contribution in [0.4, 0.5) is 0 Å². The van der Waals surface area contributed by atoms with Gasteiger partial charge in [-0.3, -0.25) is 9.36 Å². The lowest BCUT2D eigenvalue weighted by Crippen LogP contribution is -2.16. The van der Waals surface area contributed by atoms with E-state index in [-0.39, 0.29) is 4.87 Å². The Bertz CT molecular complexity index is 834. The Balaban J connectivity index is 1.86. The quantitative estimate of drug-likeness (QED) is 0.513. The summed E-state index contributed by atoms with van der Waals surface area (Å²) >= 11 is 2.99. The Morgan fingerprint density at radius 2 is 2.09 bits per heavy atom. The third kappa shape index (κ3) is 2.96. The molecule has 0 aliphatic carbocycles. The van der Waals surface area contributed by atoms with Gasteiger partial charge >= 0.3 is 4.87 Å². The van der Waals surface area contributed by atoms with Crippen LogP contribution < -0.4 is 4.87 Å². The SMILES string of the molecule is CCCCSc1nnc(Cn2c(=O)sc3ccccc32)n1C. The average molecular weight is 334 g/mol. The molecule has 0 saturated heterocycles. The first kappa shape index (κ1) is 15.3. The van der Waals surface area contributed by atoms with E-state index in [9.17, 15) is 4.79 Å². The molecule has 1 aromatic carbocycles. The Hall–Kier alpha value is -1.60. The molecule has 0 N–H and O–H groups in total. The first-order valence-corrected chi connectivity index (χ1v) is 9.10. The number of rotatable bonds is 6. The van der Waals surface area contributed by atoms with Crippen LogP contribution in [0.2, 0.25) is 0 Å². The van der Waals surface area contributed by atoms with Crippen LogP contribution in [0.25, 0.3) is 10.2 Å². The molecule has 0 aliphatic heterocycles. The molecule has 0 unspecified atom stereocenters. The molecule has 0 saturated carbocycles. The van der Waals surface area contributed by atoms with Crippen molar-refractivity contribution in [1.29, 1.82) is 0 Å². The normalized spacial score (nSPS) is 11.4. The molecule has 5 nitrogen and oxygen atoms in total. The van der Waals surface area contributed by atoms with Gasteiger partial charge in [-0.25, -0.2) is 0 Å². The molecular formula is C15H18N4OS2. The summed E-state index contributed by atoms with van der Waals surface area (Å²) in [5.74, 6) is 1.86. The Labute approximate surface area is 137 Å². The van der Waals surface area contributed by atoms with Gasteiger partial charge in [0.15, 0.2) is 11.0 Å². The van der Waals surface area contributed by atoms with Gasteiger partial charge in [-0.05, 0) is 18.6 Å². The highest BCUT2D eigenvalue weighted by molar-refractivity contribution is 7.99. The minimum atomic E-state index is 0.0457. The van der Waals surface area contributed by atoms with E-state index in [2.05, 4.69) is 17.1 Å². The number of thioether (sulfide) groups is 1. The molecule has 0 spiro atoms. The Kier molecular flexibility index (Phi) is 4.63. The van der Waals surface area contributed by atoms with E-state index in [1.54, 1.807) is 16.3 Å². The van der Waals surface area contributed by atoms with Gasteiger partial charge in [-0.1, -0.05) is 48.6 Å². The van der Waals surface area contributed by atoms with Gasteiger partial charge in [0.2, 0.25) is 0 Å². The van der Waals surface area contributed by atoms with E-state index in [1.807, 2.05) is 35.9 Å². The van der Waals surface area contributed by atoms with Crippen molar-refractivity contribution in [1.82, 2.24) is 19.3 Å². The summed E-state index contributed by atoms with van der Waals surface area (Å²) in [7, 11) is 1.96. The monoisotopic (exact) mass is 334 g/mol. The molecule has 3 rings (SSSR count). The number of aromatic nitrogens is 4. The highest BCUT2D eigenvalue weighted by Gasteiger charge is 2.13. The van der Waals surface area contributed by atoms with Crippen molar-refractivity contribution in [2.45, 2.75) is 31.5 Å². The van der Waals surface area contributed by atoms with E-state index in [1.165, 1.54) is 24.2 Å². The largest absolute Gasteiger partial charge is 0.308 e. The van der Waals surface area contributed by atoms with E-state index in [0.29, 0.717) is 6.54 Å². The van der Waals surface area contributed by atoms with Crippen LogP contribution >= 0.6 is 23.1 Å². The van der Waals surface area contributed by atoms with Crippen molar-refractivity contribution in [3.8, 4) is 0 Å². The van der Waals surface area contributed by atoms with Crippen LogP contribution in [0.15, 0.2) is 34.2 Å². The van der Waals surface area contributed by atoms with Crippen molar-refractivity contribution in [3.63, 3.8) is 0 Å². The molecule has 0 fully saturated rings. The molecule has 2 aromatic heterocycles. The highest BCUT2D eigenvalue weighted by atomic mass is 32.2. The Morgan fingerprint density at radius 3 is 2.91 bits per heavy atom. The lowest BCUT2D eigenvalue weighted by molar-refractivity contribution is 0.681. The second kappa shape index (κ2) is 6.66. The third-order valence-electron chi connectivity index (χ3n) is 3.53.